The van der Waals surface area contributed by atoms with Crippen molar-refractivity contribution in [3.8, 4) is 28.8 Å². The van der Waals surface area contributed by atoms with Crippen molar-refractivity contribution in [3.63, 3.8) is 0 Å². The first kappa shape index (κ1) is 19.5. The molecule has 0 spiro atoms. The molecule has 32 heavy (non-hydrogen) atoms. The van der Waals surface area contributed by atoms with Crippen molar-refractivity contribution in [2.45, 2.75) is 13.3 Å². The van der Waals surface area contributed by atoms with Crippen LogP contribution >= 0.6 is 0 Å². The van der Waals surface area contributed by atoms with E-state index in [9.17, 15) is 5.26 Å². The van der Waals surface area contributed by atoms with Gasteiger partial charge in [0.05, 0.1) is 36.1 Å². The Morgan fingerprint density at radius 2 is 1.91 bits per heavy atom. The maximum atomic E-state index is 9.69. The Morgan fingerprint density at radius 3 is 2.62 bits per heavy atom. The molecule has 0 bridgehead atoms. The summed E-state index contributed by atoms with van der Waals surface area (Å²) in [7, 11) is 1.63. The number of rotatable bonds is 5. The molecule has 0 N–H and O–H groups in total. The fourth-order valence-corrected chi connectivity index (χ4v) is 3.79. The van der Waals surface area contributed by atoms with E-state index in [1.807, 2.05) is 82.9 Å². The number of hydrogen-bond donors (Lipinski definition) is 0. The van der Waals surface area contributed by atoms with Gasteiger partial charge in [0.25, 0.3) is 0 Å². The van der Waals surface area contributed by atoms with E-state index < -0.39 is 0 Å². The smallest absolute Gasteiger partial charge is 0.198 e. The van der Waals surface area contributed by atoms with Gasteiger partial charge in [-0.1, -0.05) is 36.4 Å². The Balaban J connectivity index is 1.54. The molecule has 0 radical (unpaired) electrons. The fourth-order valence-electron chi connectivity index (χ4n) is 3.79. The molecular weight excluding hydrogens is 400 g/mol. The molecule has 7 heteroatoms. The molecule has 7 nitrogen and oxygen atoms in total. The van der Waals surface area contributed by atoms with Crippen LogP contribution in [-0.2, 0) is 6.42 Å². The van der Waals surface area contributed by atoms with Crippen LogP contribution < -0.4 is 4.74 Å². The van der Waals surface area contributed by atoms with Crippen molar-refractivity contribution in [1.82, 2.24) is 24.1 Å². The summed E-state index contributed by atoms with van der Waals surface area (Å²) >= 11 is 0. The first-order valence-corrected chi connectivity index (χ1v) is 10.2. The maximum Gasteiger partial charge on any atom is 0.198 e. The highest BCUT2D eigenvalue weighted by atomic mass is 16.5. The minimum atomic E-state index is 0.497. The summed E-state index contributed by atoms with van der Waals surface area (Å²) in [6.07, 6.45) is 4.11. The number of imidazole rings is 1. The summed E-state index contributed by atoms with van der Waals surface area (Å²) in [5.41, 5.74) is 5.87. The molecule has 156 valence electrons. The molecule has 5 rings (SSSR count). The van der Waals surface area contributed by atoms with E-state index in [4.69, 9.17) is 14.8 Å². The number of pyridine rings is 1. The third-order valence-corrected chi connectivity index (χ3v) is 5.32. The largest absolute Gasteiger partial charge is 0.493 e. The van der Waals surface area contributed by atoms with E-state index in [1.54, 1.807) is 13.4 Å². The predicted molar refractivity (Wildman–Crippen MR) is 121 cm³/mol. The Kier molecular flexibility index (Phi) is 4.88. The summed E-state index contributed by atoms with van der Waals surface area (Å²) < 4.78 is 9.19. The van der Waals surface area contributed by atoms with Crippen LogP contribution in [0.4, 0.5) is 0 Å². The molecule has 3 aromatic heterocycles. The number of ether oxygens (including phenoxy) is 1. The van der Waals surface area contributed by atoms with Crippen molar-refractivity contribution in [2.75, 3.05) is 7.11 Å². The highest BCUT2D eigenvalue weighted by Crippen LogP contribution is 2.27. The SMILES string of the molecule is COc1ccc(-c2ccccc2)n2nc(Cc3ccc(-n4cnc(C)c4)c(C#N)c3)nc12. The van der Waals surface area contributed by atoms with Crippen molar-refractivity contribution >= 4 is 5.65 Å². The number of methoxy groups -OCH3 is 1. The lowest BCUT2D eigenvalue weighted by Gasteiger charge is -2.07. The Morgan fingerprint density at radius 1 is 1.06 bits per heavy atom. The Bertz CT molecular complexity index is 1460. The average Bonchev–Trinajstić information content (AvgIpc) is 3.45. The number of hydrogen-bond acceptors (Lipinski definition) is 5. The highest BCUT2D eigenvalue weighted by Gasteiger charge is 2.15. The van der Waals surface area contributed by atoms with Crippen LogP contribution in [0.25, 0.3) is 22.6 Å². The maximum absolute atomic E-state index is 9.69. The van der Waals surface area contributed by atoms with Crippen molar-refractivity contribution in [3.05, 3.63) is 95.8 Å². The molecule has 0 fully saturated rings. The van der Waals surface area contributed by atoms with E-state index in [-0.39, 0.29) is 0 Å². The van der Waals surface area contributed by atoms with Gasteiger partial charge < -0.3 is 9.30 Å². The second-order valence-corrected chi connectivity index (χ2v) is 7.48. The zero-order valence-corrected chi connectivity index (χ0v) is 17.7. The summed E-state index contributed by atoms with van der Waals surface area (Å²) in [6, 6.07) is 22.0. The minimum absolute atomic E-state index is 0.497. The fraction of sp³-hybridized carbons (Fsp3) is 0.120. The molecule has 0 aliphatic heterocycles. The average molecular weight is 420 g/mol. The lowest BCUT2D eigenvalue weighted by atomic mass is 10.1. The van der Waals surface area contributed by atoms with Gasteiger partial charge in [-0.25, -0.2) is 14.5 Å². The van der Waals surface area contributed by atoms with Gasteiger partial charge in [-0.15, -0.1) is 0 Å². The summed E-state index contributed by atoms with van der Waals surface area (Å²) in [5, 5.41) is 14.4. The zero-order valence-electron chi connectivity index (χ0n) is 17.7. The third kappa shape index (κ3) is 3.48. The molecule has 0 saturated carbocycles. The van der Waals surface area contributed by atoms with Crippen LogP contribution in [0.15, 0.2) is 73.2 Å². The molecule has 0 aliphatic rings. The number of nitriles is 1. The van der Waals surface area contributed by atoms with Crippen LogP contribution in [0.2, 0.25) is 0 Å². The minimum Gasteiger partial charge on any atom is -0.493 e. The van der Waals surface area contributed by atoms with Gasteiger partial charge in [-0.2, -0.15) is 10.4 Å². The van der Waals surface area contributed by atoms with Gasteiger partial charge in [0.2, 0.25) is 0 Å². The summed E-state index contributed by atoms with van der Waals surface area (Å²) in [4.78, 5) is 8.98. The summed E-state index contributed by atoms with van der Waals surface area (Å²) in [5.74, 6) is 1.31. The highest BCUT2D eigenvalue weighted by molar-refractivity contribution is 5.67. The van der Waals surface area contributed by atoms with Crippen LogP contribution in [0.1, 0.15) is 22.6 Å². The van der Waals surface area contributed by atoms with Gasteiger partial charge in [0.1, 0.15) is 6.07 Å². The molecule has 0 unspecified atom stereocenters. The lowest BCUT2D eigenvalue weighted by molar-refractivity contribution is 0.416. The van der Waals surface area contributed by atoms with Gasteiger partial charge in [0, 0.05) is 18.2 Å². The first-order valence-electron chi connectivity index (χ1n) is 10.2. The standard InChI is InChI=1S/C25H20N6O/c1-17-15-30(16-27-17)21-9-8-18(12-20(21)14-26)13-24-28-25-23(32-2)11-10-22(31(25)29-24)19-6-4-3-5-7-19/h3-12,15-16H,13H2,1-2H3. The third-order valence-electron chi connectivity index (χ3n) is 5.32. The van der Waals surface area contributed by atoms with Crippen LogP contribution in [0.5, 0.6) is 5.75 Å². The molecule has 0 atom stereocenters. The van der Waals surface area contributed by atoms with Crippen molar-refractivity contribution in [1.29, 1.82) is 5.26 Å². The molecule has 5 aromatic rings. The van der Waals surface area contributed by atoms with E-state index in [0.29, 0.717) is 29.2 Å². The van der Waals surface area contributed by atoms with E-state index in [2.05, 4.69) is 11.1 Å². The zero-order chi connectivity index (χ0) is 22.1. The second kappa shape index (κ2) is 8.00. The normalized spacial score (nSPS) is 10.9. The Labute approximate surface area is 185 Å². The number of fused-ring (bicyclic) bond motifs is 1. The van der Waals surface area contributed by atoms with E-state index in [0.717, 1.165) is 28.2 Å². The number of aryl methyl sites for hydroxylation is 1. The molecule has 0 saturated heterocycles. The molecule has 2 aromatic carbocycles. The molecule has 3 heterocycles. The lowest BCUT2D eigenvalue weighted by Crippen LogP contribution is -1.99. The Hall–Kier alpha value is -4.44. The van der Waals surface area contributed by atoms with Gasteiger partial charge in [0.15, 0.2) is 17.2 Å². The second-order valence-electron chi connectivity index (χ2n) is 7.48. The van der Waals surface area contributed by atoms with Gasteiger partial charge >= 0.3 is 0 Å². The number of benzene rings is 2. The topological polar surface area (TPSA) is 81.0 Å². The summed E-state index contributed by atoms with van der Waals surface area (Å²) in [6.45, 7) is 1.92. The van der Waals surface area contributed by atoms with E-state index in [1.165, 1.54) is 0 Å². The predicted octanol–water partition coefficient (Wildman–Crippen LogP) is 4.36. The van der Waals surface area contributed by atoms with Crippen LogP contribution in [0, 0.1) is 18.3 Å². The molecular formula is C25H20N6O. The van der Waals surface area contributed by atoms with Crippen LogP contribution in [0.3, 0.4) is 0 Å². The molecule has 0 amide bonds. The van der Waals surface area contributed by atoms with Gasteiger partial charge in [-0.05, 0) is 36.8 Å². The number of aromatic nitrogens is 5. The van der Waals surface area contributed by atoms with Gasteiger partial charge in [-0.3, -0.25) is 0 Å². The van der Waals surface area contributed by atoms with Crippen molar-refractivity contribution < 1.29 is 4.74 Å². The monoisotopic (exact) mass is 420 g/mol. The number of nitrogens with zero attached hydrogens (tertiary/aromatic N) is 6. The van der Waals surface area contributed by atoms with Crippen molar-refractivity contribution in [2.24, 2.45) is 0 Å². The molecule has 0 aliphatic carbocycles. The van der Waals surface area contributed by atoms with Crippen LogP contribution in [-0.4, -0.2) is 31.3 Å². The quantitative estimate of drug-likeness (QED) is 0.422. The van der Waals surface area contributed by atoms with E-state index >= 15 is 0 Å². The first-order chi connectivity index (χ1) is 15.7.